The average molecular weight is 375 g/mol. The number of nitrogens with zero attached hydrogens (tertiary/aromatic N) is 1. The molecule has 0 heterocycles. The van der Waals surface area contributed by atoms with Crippen molar-refractivity contribution in [3.8, 4) is 5.75 Å². The average Bonchev–Trinajstić information content (AvgIpc) is 3.02. The molecular weight excluding hydrogens is 332 g/mol. The molecule has 0 amide bonds. The zero-order valence-electron chi connectivity index (χ0n) is 19.0. The summed E-state index contributed by atoms with van der Waals surface area (Å²) < 4.78 is 5.88. The lowest BCUT2D eigenvalue weighted by molar-refractivity contribution is 0.223. The highest BCUT2D eigenvalue weighted by Gasteiger charge is 2.18. The van der Waals surface area contributed by atoms with Crippen LogP contribution in [-0.4, -0.2) is 38.2 Å². The van der Waals surface area contributed by atoms with Crippen LogP contribution in [0.2, 0.25) is 0 Å². The Morgan fingerprint density at radius 1 is 0.963 bits per heavy atom. The molecule has 2 rings (SSSR count). The molecule has 0 bridgehead atoms. The van der Waals surface area contributed by atoms with E-state index < -0.39 is 0 Å². The number of rotatable bonds is 8. The molecule has 0 saturated heterocycles. The van der Waals surface area contributed by atoms with Crippen LogP contribution < -0.4 is 10.5 Å². The van der Waals surface area contributed by atoms with Crippen molar-refractivity contribution in [2.45, 2.75) is 61.3 Å². The second-order valence-electron chi connectivity index (χ2n) is 6.31. The van der Waals surface area contributed by atoms with Crippen molar-refractivity contribution in [2.75, 3.05) is 33.3 Å². The molecule has 2 N–H and O–H groups in total. The maximum absolute atomic E-state index is 5.88. The van der Waals surface area contributed by atoms with E-state index in [9.17, 15) is 0 Å². The molecular formula is C24H42N2O. The van der Waals surface area contributed by atoms with Crippen molar-refractivity contribution in [2.24, 2.45) is 5.73 Å². The summed E-state index contributed by atoms with van der Waals surface area (Å²) in [6.07, 6.45) is 2.29. The van der Waals surface area contributed by atoms with Crippen molar-refractivity contribution < 1.29 is 4.74 Å². The number of hydrogen-bond donors (Lipinski definition) is 1. The fourth-order valence-corrected chi connectivity index (χ4v) is 3.44. The van der Waals surface area contributed by atoms with E-state index in [0.29, 0.717) is 0 Å². The first-order valence-electron chi connectivity index (χ1n) is 10.5. The highest BCUT2D eigenvalue weighted by atomic mass is 16.5. The molecule has 1 aromatic carbocycles. The van der Waals surface area contributed by atoms with E-state index in [4.69, 9.17) is 4.74 Å². The predicted molar refractivity (Wildman–Crippen MR) is 121 cm³/mol. The van der Waals surface area contributed by atoms with Gasteiger partial charge in [0.25, 0.3) is 0 Å². The second-order valence-corrected chi connectivity index (χ2v) is 6.31. The monoisotopic (exact) mass is 374 g/mol. The Balaban J connectivity index is 0.00000158. The minimum absolute atomic E-state index is 0.752. The molecule has 0 radical (unpaired) electrons. The van der Waals surface area contributed by atoms with E-state index in [1.807, 2.05) is 13.8 Å². The van der Waals surface area contributed by atoms with Gasteiger partial charge in [-0.05, 0) is 75.7 Å². The van der Waals surface area contributed by atoms with E-state index >= 15 is 0 Å². The second kappa shape index (κ2) is 14.5. The SMILES string of the molecule is CC.CCC1=C(C)C(c2ccc(OCCN(CC)CC)cc2)=C(C)C1.CN. The molecule has 0 aromatic heterocycles. The predicted octanol–water partition coefficient (Wildman–Crippen LogP) is 5.91. The molecule has 1 aromatic rings. The van der Waals surface area contributed by atoms with Gasteiger partial charge in [-0.15, -0.1) is 0 Å². The van der Waals surface area contributed by atoms with Crippen molar-refractivity contribution >= 4 is 5.57 Å². The highest BCUT2D eigenvalue weighted by molar-refractivity contribution is 5.84. The third-order valence-electron chi connectivity index (χ3n) is 4.95. The molecule has 0 atom stereocenters. The van der Waals surface area contributed by atoms with Crippen molar-refractivity contribution in [3.05, 3.63) is 46.5 Å². The Hall–Kier alpha value is -1.58. The largest absolute Gasteiger partial charge is 0.492 e. The fourth-order valence-electron chi connectivity index (χ4n) is 3.44. The van der Waals surface area contributed by atoms with Crippen LogP contribution >= 0.6 is 0 Å². The summed E-state index contributed by atoms with van der Waals surface area (Å²) in [5, 5.41) is 0. The van der Waals surface area contributed by atoms with Gasteiger partial charge in [0.05, 0.1) is 0 Å². The van der Waals surface area contributed by atoms with Gasteiger partial charge in [0.2, 0.25) is 0 Å². The molecule has 3 heteroatoms. The number of allylic oxidation sites excluding steroid dienone is 4. The standard InChI is InChI=1S/C21H31NO.C2H6.CH5N/c1-6-18-15-16(4)21(17(18)5)19-9-11-20(12-10-19)23-14-13-22(7-2)8-3;2*1-2/h9-12H,6-8,13-15H2,1-5H3;1-2H3;2H2,1H3. The minimum atomic E-state index is 0.752. The quantitative estimate of drug-likeness (QED) is 0.614. The van der Waals surface area contributed by atoms with E-state index in [2.05, 4.69) is 69.5 Å². The van der Waals surface area contributed by atoms with Gasteiger partial charge in [0.1, 0.15) is 12.4 Å². The molecule has 0 unspecified atom stereocenters. The first kappa shape index (κ1) is 25.4. The molecule has 154 valence electrons. The van der Waals surface area contributed by atoms with E-state index in [1.165, 1.54) is 29.3 Å². The van der Waals surface area contributed by atoms with Crippen molar-refractivity contribution in [1.82, 2.24) is 4.90 Å². The van der Waals surface area contributed by atoms with Gasteiger partial charge in [-0.1, -0.05) is 57.9 Å². The first-order valence-corrected chi connectivity index (χ1v) is 10.5. The van der Waals surface area contributed by atoms with Crippen LogP contribution in [0, 0.1) is 0 Å². The van der Waals surface area contributed by atoms with Crippen LogP contribution in [0.3, 0.4) is 0 Å². The lowest BCUT2D eigenvalue weighted by Crippen LogP contribution is -2.27. The molecule has 3 nitrogen and oxygen atoms in total. The van der Waals surface area contributed by atoms with Gasteiger partial charge in [-0.3, -0.25) is 0 Å². The minimum Gasteiger partial charge on any atom is -0.492 e. The van der Waals surface area contributed by atoms with Crippen LogP contribution in [0.15, 0.2) is 41.0 Å². The lowest BCUT2D eigenvalue weighted by atomic mass is 9.98. The Bertz CT molecular complexity index is 581. The van der Waals surface area contributed by atoms with Gasteiger partial charge in [-0.2, -0.15) is 0 Å². The maximum atomic E-state index is 5.88. The first-order chi connectivity index (χ1) is 13.1. The number of benzene rings is 1. The molecule has 1 aliphatic rings. The third kappa shape index (κ3) is 7.51. The van der Waals surface area contributed by atoms with Gasteiger partial charge < -0.3 is 15.4 Å². The van der Waals surface area contributed by atoms with Gasteiger partial charge in [-0.25, -0.2) is 0 Å². The Labute approximate surface area is 168 Å². The Morgan fingerprint density at radius 3 is 1.96 bits per heavy atom. The molecule has 0 spiro atoms. The van der Waals surface area contributed by atoms with E-state index in [0.717, 1.165) is 44.8 Å². The summed E-state index contributed by atoms with van der Waals surface area (Å²) in [5.41, 5.74) is 11.8. The van der Waals surface area contributed by atoms with Crippen LogP contribution in [0.5, 0.6) is 5.75 Å². The van der Waals surface area contributed by atoms with Crippen molar-refractivity contribution in [3.63, 3.8) is 0 Å². The summed E-state index contributed by atoms with van der Waals surface area (Å²) in [5.74, 6) is 0.967. The maximum Gasteiger partial charge on any atom is 0.119 e. The smallest absolute Gasteiger partial charge is 0.119 e. The highest BCUT2D eigenvalue weighted by Crippen LogP contribution is 2.39. The molecule has 27 heavy (non-hydrogen) atoms. The van der Waals surface area contributed by atoms with Crippen LogP contribution in [0.4, 0.5) is 0 Å². The summed E-state index contributed by atoms with van der Waals surface area (Å²) >= 11 is 0. The normalized spacial score (nSPS) is 13.3. The summed E-state index contributed by atoms with van der Waals surface area (Å²) in [4.78, 5) is 2.38. The third-order valence-corrected chi connectivity index (χ3v) is 4.95. The summed E-state index contributed by atoms with van der Waals surface area (Å²) in [6.45, 7) is 19.1. The van der Waals surface area contributed by atoms with E-state index in [-0.39, 0.29) is 0 Å². The Kier molecular flexibility index (Phi) is 13.6. The van der Waals surface area contributed by atoms with E-state index in [1.54, 1.807) is 5.57 Å². The van der Waals surface area contributed by atoms with Crippen LogP contribution in [-0.2, 0) is 0 Å². The van der Waals surface area contributed by atoms with Gasteiger partial charge in [0.15, 0.2) is 0 Å². The van der Waals surface area contributed by atoms with Crippen LogP contribution in [0.25, 0.3) is 5.57 Å². The zero-order valence-corrected chi connectivity index (χ0v) is 19.0. The fraction of sp³-hybridized carbons (Fsp3) is 0.583. The summed E-state index contributed by atoms with van der Waals surface area (Å²) in [6, 6.07) is 8.62. The molecule has 0 fully saturated rings. The van der Waals surface area contributed by atoms with Gasteiger partial charge >= 0.3 is 0 Å². The number of likely N-dealkylation sites (N-methyl/N-ethyl adjacent to an activating group) is 1. The number of hydrogen-bond acceptors (Lipinski definition) is 3. The molecule has 0 saturated carbocycles. The van der Waals surface area contributed by atoms with Crippen molar-refractivity contribution in [1.29, 1.82) is 0 Å². The molecule has 0 aliphatic heterocycles. The Morgan fingerprint density at radius 2 is 1.52 bits per heavy atom. The van der Waals surface area contributed by atoms with Crippen LogP contribution in [0.1, 0.15) is 66.9 Å². The topological polar surface area (TPSA) is 38.5 Å². The zero-order chi connectivity index (χ0) is 20.8. The lowest BCUT2D eigenvalue weighted by Gasteiger charge is -2.18. The van der Waals surface area contributed by atoms with Gasteiger partial charge in [0, 0.05) is 6.54 Å². The number of ether oxygens (including phenoxy) is 1. The summed E-state index contributed by atoms with van der Waals surface area (Å²) in [7, 11) is 1.50. The number of nitrogens with two attached hydrogens (primary N) is 1. The molecule has 1 aliphatic carbocycles.